The topological polar surface area (TPSA) is 36.3 Å². The normalized spacial score (nSPS) is 12.1. The predicted octanol–water partition coefficient (Wildman–Crippen LogP) is 6.21. The number of hydrogen-bond acceptors (Lipinski definition) is 3. The number of benzene rings is 3. The number of hydrogen-bond donors (Lipinski definition) is 0. The van der Waals surface area contributed by atoms with E-state index in [0.717, 1.165) is 53.3 Å². The van der Waals surface area contributed by atoms with Gasteiger partial charge in [0.2, 0.25) is 0 Å². The van der Waals surface area contributed by atoms with Crippen LogP contribution >= 0.6 is 0 Å². The first-order chi connectivity index (χ1) is 15.1. The quantitative estimate of drug-likeness (QED) is 0.344. The van der Waals surface area contributed by atoms with Crippen molar-refractivity contribution in [1.82, 2.24) is 9.55 Å². The molecule has 0 saturated carbocycles. The molecule has 4 rings (SSSR count). The average molecular weight is 415 g/mol. The Morgan fingerprint density at radius 1 is 0.871 bits per heavy atom. The Morgan fingerprint density at radius 3 is 2.29 bits per heavy atom. The largest absolute Gasteiger partial charge is 0.493 e. The van der Waals surface area contributed by atoms with Crippen LogP contribution in [0.1, 0.15) is 48.7 Å². The van der Waals surface area contributed by atoms with E-state index in [9.17, 15) is 0 Å². The Labute approximate surface area is 184 Å². The Hall–Kier alpha value is -3.27. The molecular weight excluding hydrogens is 384 g/mol. The number of fused-ring (bicyclic) bond motifs is 1. The number of methoxy groups -OCH3 is 2. The van der Waals surface area contributed by atoms with Crippen molar-refractivity contribution in [3.63, 3.8) is 0 Å². The van der Waals surface area contributed by atoms with E-state index in [2.05, 4.69) is 66.9 Å². The molecule has 4 heteroatoms. The Kier molecular flexibility index (Phi) is 6.26. The molecule has 0 aliphatic rings. The van der Waals surface area contributed by atoms with Gasteiger partial charge in [0.1, 0.15) is 5.82 Å². The Balaban J connectivity index is 1.68. The van der Waals surface area contributed by atoms with E-state index in [4.69, 9.17) is 14.5 Å². The minimum Gasteiger partial charge on any atom is -0.493 e. The van der Waals surface area contributed by atoms with Gasteiger partial charge in [-0.05, 0) is 53.3 Å². The highest BCUT2D eigenvalue weighted by Gasteiger charge is 2.13. The standard InChI is InChI=1S/C27H30N2O2/c1-5-19(2)22-13-10-20(11-14-22)18-29-24-9-7-6-8-23(24)28-27(29)17-21-12-15-25(30-3)26(16-21)31-4/h6-16,19H,5,17-18H2,1-4H3. The lowest BCUT2D eigenvalue weighted by molar-refractivity contribution is 0.354. The zero-order chi connectivity index (χ0) is 21.8. The molecule has 1 atom stereocenters. The van der Waals surface area contributed by atoms with Crippen LogP contribution in [-0.2, 0) is 13.0 Å². The molecule has 4 aromatic rings. The summed E-state index contributed by atoms with van der Waals surface area (Å²) in [6.45, 7) is 5.31. The molecule has 1 heterocycles. The first-order valence-electron chi connectivity index (χ1n) is 10.9. The number of imidazole rings is 1. The molecule has 31 heavy (non-hydrogen) atoms. The average Bonchev–Trinajstić information content (AvgIpc) is 3.15. The molecular formula is C27H30N2O2. The van der Waals surface area contributed by atoms with Crippen LogP contribution < -0.4 is 9.47 Å². The van der Waals surface area contributed by atoms with Gasteiger partial charge in [0.15, 0.2) is 11.5 Å². The highest BCUT2D eigenvalue weighted by Crippen LogP contribution is 2.29. The number of aromatic nitrogens is 2. The van der Waals surface area contributed by atoms with Crippen LogP contribution in [0.25, 0.3) is 11.0 Å². The van der Waals surface area contributed by atoms with Crippen LogP contribution in [-0.4, -0.2) is 23.8 Å². The van der Waals surface area contributed by atoms with Gasteiger partial charge >= 0.3 is 0 Å². The summed E-state index contributed by atoms with van der Waals surface area (Å²) in [5.74, 6) is 3.10. The number of nitrogens with zero attached hydrogens (tertiary/aromatic N) is 2. The summed E-state index contributed by atoms with van der Waals surface area (Å²) < 4.78 is 13.2. The van der Waals surface area contributed by atoms with Crippen molar-refractivity contribution in [2.45, 2.75) is 39.2 Å². The Bertz CT molecular complexity index is 1160. The van der Waals surface area contributed by atoms with E-state index in [1.54, 1.807) is 14.2 Å². The third kappa shape index (κ3) is 4.43. The molecule has 0 aliphatic heterocycles. The van der Waals surface area contributed by atoms with E-state index in [1.165, 1.54) is 11.1 Å². The summed E-state index contributed by atoms with van der Waals surface area (Å²) >= 11 is 0. The van der Waals surface area contributed by atoms with Crippen LogP contribution in [0.3, 0.4) is 0 Å². The maximum Gasteiger partial charge on any atom is 0.161 e. The molecule has 4 nitrogen and oxygen atoms in total. The first kappa shape index (κ1) is 21.0. The van der Waals surface area contributed by atoms with Gasteiger partial charge in [-0.2, -0.15) is 0 Å². The summed E-state index contributed by atoms with van der Waals surface area (Å²) in [6.07, 6.45) is 1.88. The summed E-state index contributed by atoms with van der Waals surface area (Å²) in [5.41, 5.74) is 6.00. The smallest absolute Gasteiger partial charge is 0.161 e. The van der Waals surface area contributed by atoms with Crippen LogP contribution in [0.5, 0.6) is 11.5 Å². The van der Waals surface area contributed by atoms with Crippen LogP contribution in [0.4, 0.5) is 0 Å². The number of para-hydroxylation sites is 2. The Morgan fingerprint density at radius 2 is 1.58 bits per heavy atom. The fourth-order valence-electron chi connectivity index (χ4n) is 3.98. The third-order valence-corrected chi connectivity index (χ3v) is 6.05. The van der Waals surface area contributed by atoms with E-state index in [0.29, 0.717) is 5.92 Å². The van der Waals surface area contributed by atoms with Crippen LogP contribution in [0.2, 0.25) is 0 Å². The van der Waals surface area contributed by atoms with Crippen molar-refractivity contribution in [2.24, 2.45) is 0 Å². The van der Waals surface area contributed by atoms with Crippen molar-refractivity contribution < 1.29 is 9.47 Å². The molecule has 1 aromatic heterocycles. The van der Waals surface area contributed by atoms with Gasteiger partial charge in [0.25, 0.3) is 0 Å². The monoisotopic (exact) mass is 414 g/mol. The van der Waals surface area contributed by atoms with Gasteiger partial charge in [-0.3, -0.25) is 0 Å². The van der Waals surface area contributed by atoms with Crippen molar-refractivity contribution in [3.8, 4) is 11.5 Å². The highest BCUT2D eigenvalue weighted by molar-refractivity contribution is 5.76. The van der Waals surface area contributed by atoms with Gasteiger partial charge in [-0.1, -0.05) is 56.3 Å². The van der Waals surface area contributed by atoms with Crippen molar-refractivity contribution in [2.75, 3.05) is 14.2 Å². The van der Waals surface area contributed by atoms with Crippen LogP contribution in [0, 0.1) is 0 Å². The fraction of sp³-hybridized carbons (Fsp3) is 0.296. The van der Waals surface area contributed by atoms with Crippen molar-refractivity contribution >= 4 is 11.0 Å². The maximum absolute atomic E-state index is 5.49. The minimum absolute atomic E-state index is 0.587. The molecule has 0 fully saturated rings. The molecule has 0 saturated heterocycles. The molecule has 0 radical (unpaired) electrons. The van der Waals surface area contributed by atoms with Crippen molar-refractivity contribution in [1.29, 1.82) is 0 Å². The molecule has 160 valence electrons. The second kappa shape index (κ2) is 9.25. The van der Waals surface area contributed by atoms with Gasteiger partial charge in [-0.25, -0.2) is 4.98 Å². The molecule has 0 amide bonds. The van der Waals surface area contributed by atoms with Gasteiger partial charge in [0.05, 0.1) is 25.3 Å². The minimum atomic E-state index is 0.587. The molecule has 0 spiro atoms. The lowest BCUT2D eigenvalue weighted by atomic mass is 9.97. The molecule has 0 bridgehead atoms. The zero-order valence-corrected chi connectivity index (χ0v) is 18.8. The second-order valence-corrected chi connectivity index (χ2v) is 8.02. The molecule has 0 aliphatic carbocycles. The maximum atomic E-state index is 5.49. The summed E-state index contributed by atoms with van der Waals surface area (Å²) in [5, 5.41) is 0. The lowest BCUT2D eigenvalue weighted by Crippen LogP contribution is -2.06. The number of rotatable bonds is 8. The van der Waals surface area contributed by atoms with Gasteiger partial charge in [-0.15, -0.1) is 0 Å². The highest BCUT2D eigenvalue weighted by atomic mass is 16.5. The third-order valence-electron chi connectivity index (χ3n) is 6.05. The lowest BCUT2D eigenvalue weighted by Gasteiger charge is -2.13. The predicted molar refractivity (Wildman–Crippen MR) is 126 cm³/mol. The zero-order valence-electron chi connectivity index (χ0n) is 18.8. The molecule has 3 aromatic carbocycles. The first-order valence-corrected chi connectivity index (χ1v) is 10.9. The number of ether oxygens (including phenoxy) is 2. The van der Waals surface area contributed by atoms with E-state index in [-0.39, 0.29) is 0 Å². The van der Waals surface area contributed by atoms with Gasteiger partial charge in [0, 0.05) is 13.0 Å². The SMILES string of the molecule is CCC(C)c1ccc(Cn2c(Cc3ccc(OC)c(OC)c3)nc3ccccc32)cc1. The van der Waals surface area contributed by atoms with E-state index >= 15 is 0 Å². The second-order valence-electron chi connectivity index (χ2n) is 8.02. The molecule has 1 unspecified atom stereocenters. The fourth-order valence-corrected chi connectivity index (χ4v) is 3.98. The van der Waals surface area contributed by atoms with E-state index < -0.39 is 0 Å². The summed E-state index contributed by atoms with van der Waals surface area (Å²) in [7, 11) is 3.32. The molecule has 0 N–H and O–H groups in total. The van der Waals surface area contributed by atoms with E-state index in [1.807, 2.05) is 18.2 Å². The van der Waals surface area contributed by atoms with Gasteiger partial charge < -0.3 is 14.0 Å². The van der Waals surface area contributed by atoms with Crippen molar-refractivity contribution in [3.05, 3.63) is 89.2 Å². The summed E-state index contributed by atoms with van der Waals surface area (Å²) in [4.78, 5) is 4.95. The summed E-state index contributed by atoms with van der Waals surface area (Å²) in [6, 6.07) is 23.4. The van der Waals surface area contributed by atoms with Crippen LogP contribution in [0.15, 0.2) is 66.7 Å².